The maximum Gasteiger partial charge on any atom is 0.224 e. The second-order valence-corrected chi connectivity index (χ2v) is 4.38. The Morgan fingerprint density at radius 3 is 2.39 bits per heavy atom. The summed E-state index contributed by atoms with van der Waals surface area (Å²) in [6.07, 6.45) is 0. The number of hydrogen-bond donors (Lipinski definition) is 2. The Morgan fingerprint density at radius 1 is 1.33 bits per heavy atom. The van der Waals surface area contributed by atoms with E-state index < -0.39 is 0 Å². The van der Waals surface area contributed by atoms with E-state index in [0.717, 1.165) is 26.3 Å². The van der Waals surface area contributed by atoms with Crippen LogP contribution in [0.25, 0.3) is 0 Å². The van der Waals surface area contributed by atoms with Crippen LogP contribution in [0.3, 0.4) is 0 Å². The molecule has 5 nitrogen and oxygen atoms in total. The van der Waals surface area contributed by atoms with Crippen molar-refractivity contribution in [2.24, 2.45) is 11.7 Å². The first-order chi connectivity index (χ1) is 7.65. The average Bonchev–Trinajstić information content (AvgIpc) is 2.35. The van der Waals surface area contributed by atoms with Crippen molar-refractivity contribution in [1.82, 2.24) is 10.2 Å². The van der Waals surface area contributed by atoms with Crippen LogP contribution in [0.4, 0.5) is 0 Å². The predicted octanol–water partition coefficient (Wildman–Crippen LogP) is 0.262. The standard InChI is InChI=1S/C11H23N3O2.2ClH/c1-9(7-12)11(15)13-8-10(2)14-3-5-16-6-4-14;;/h9-10H,3-8,12H2,1-2H3,(H,13,15);2*1H. The monoisotopic (exact) mass is 301 g/mol. The van der Waals surface area contributed by atoms with Crippen molar-refractivity contribution in [2.75, 3.05) is 39.4 Å². The zero-order valence-corrected chi connectivity index (χ0v) is 12.7. The zero-order chi connectivity index (χ0) is 12.0. The van der Waals surface area contributed by atoms with Crippen LogP contribution in [-0.2, 0) is 9.53 Å². The highest BCUT2D eigenvalue weighted by molar-refractivity contribution is 5.85. The molecule has 0 aromatic heterocycles. The van der Waals surface area contributed by atoms with Crippen LogP contribution in [0.2, 0.25) is 0 Å². The van der Waals surface area contributed by atoms with Gasteiger partial charge >= 0.3 is 0 Å². The number of rotatable bonds is 5. The SMILES string of the molecule is CC(CN)C(=O)NCC(C)N1CCOCC1.Cl.Cl. The highest BCUT2D eigenvalue weighted by atomic mass is 35.5. The number of nitrogens with zero attached hydrogens (tertiary/aromatic N) is 1. The lowest BCUT2D eigenvalue weighted by Crippen LogP contribution is -2.48. The maximum absolute atomic E-state index is 11.5. The summed E-state index contributed by atoms with van der Waals surface area (Å²) < 4.78 is 5.29. The highest BCUT2D eigenvalue weighted by Crippen LogP contribution is 2.02. The quantitative estimate of drug-likeness (QED) is 0.764. The number of carbonyl (C=O) groups is 1. The first-order valence-electron chi connectivity index (χ1n) is 5.94. The summed E-state index contributed by atoms with van der Waals surface area (Å²) in [5.74, 6) is -0.0560. The summed E-state index contributed by atoms with van der Waals surface area (Å²) in [6, 6.07) is 0.359. The first-order valence-corrected chi connectivity index (χ1v) is 5.94. The summed E-state index contributed by atoms with van der Waals surface area (Å²) in [4.78, 5) is 13.9. The van der Waals surface area contributed by atoms with E-state index in [2.05, 4.69) is 17.1 Å². The van der Waals surface area contributed by atoms with Gasteiger partial charge in [-0.2, -0.15) is 0 Å². The van der Waals surface area contributed by atoms with Gasteiger partial charge in [-0.25, -0.2) is 0 Å². The Kier molecular flexibility index (Phi) is 12.2. The van der Waals surface area contributed by atoms with Crippen molar-refractivity contribution in [3.05, 3.63) is 0 Å². The van der Waals surface area contributed by atoms with Gasteiger partial charge in [-0.3, -0.25) is 9.69 Å². The molecule has 3 N–H and O–H groups in total. The number of carbonyl (C=O) groups excluding carboxylic acids is 1. The zero-order valence-electron chi connectivity index (χ0n) is 11.1. The topological polar surface area (TPSA) is 67.6 Å². The summed E-state index contributed by atoms with van der Waals surface area (Å²) in [6.45, 7) is 8.52. The maximum atomic E-state index is 11.5. The summed E-state index contributed by atoms with van der Waals surface area (Å²) in [5.41, 5.74) is 5.43. The van der Waals surface area contributed by atoms with E-state index in [1.165, 1.54) is 0 Å². The highest BCUT2D eigenvalue weighted by Gasteiger charge is 2.18. The minimum absolute atomic E-state index is 0. The minimum atomic E-state index is -0.100. The third kappa shape index (κ3) is 6.75. The average molecular weight is 302 g/mol. The Bertz CT molecular complexity index is 226. The molecule has 0 aromatic carbocycles. The molecule has 1 aliphatic rings. The number of nitrogens with two attached hydrogens (primary N) is 1. The van der Waals surface area contributed by atoms with Crippen LogP contribution >= 0.6 is 24.8 Å². The third-order valence-corrected chi connectivity index (χ3v) is 3.04. The van der Waals surface area contributed by atoms with Crippen LogP contribution in [0.15, 0.2) is 0 Å². The van der Waals surface area contributed by atoms with Gasteiger partial charge in [0.1, 0.15) is 0 Å². The van der Waals surface area contributed by atoms with E-state index in [4.69, 9.17) is 10.5 Å². The largest absolute Gasteiger partial charge is 0.379 e. The van der Waals surface area contributed by atoms with Crippen molar-refractivity contribution in [3.8, 4) is 0 Å². The van der Waals surface area contributed by atoms with E-state index in [1.807, 2.05) is 6.92 Å². The lowest BCUT2D eigenvalue weighted by molar-refractivity contribution is -0.124. The van der Waals surface area contributed by atoms with Crippen LogP contribution < -0.4 is 11.1 Å². The number of ether oxygens (including phenoxy) is 1. The van der Waals surface area contributed by atoms with E-state index in [0.29, 0.717) is 19.1 Å². The number of amides is 1. The molecule has 0 aromatic rings. The van der Waals surface area contributed by atoms with Crippen molar-refractivity contribution in [2.45, 2.75) is 19.9 Å². The Balaban J connectivity index is 0. The van der Waals surface area contributed by atoms with Gasteiger partial charge < -0.3 is 15.8 Å². The van der Waals surface area contributed by atoms with E-state index in [1.54, 1.807) is 0 Å². The summed E-state index contributed by atoms with van der Waals surface area (Å²) >= 11 is 0. The molecule has 0 aliphatic carbocycles. The van der Waals surface area contributed by atoms with Gasteiger partial charge in [-0.15, -0.1) is 24.8 Å². The van der Waals surface area contributed by atoms with Gasteiger partial charge in [0.15, 0.2) is 0 Å². The third-order valence-electron chi connectivity index (χ3n) is 3.04. The fourth-order valence-corrected chi connectivity index (χ4v) is 1.68. The number of hydrogen-bond acceptors (Lipinski definition) is 4. The molecule has 1 amide bonds. The molecule has 18 heavy (non-hydrogen) atoms. The molecule has 1 aliphatic heterocycles. The van der Waals surface area contributed by atoms with Crippen LogP contribution in [-0.4, -0.2) is 56.2 Å². The Labute approximate surface area is 122 Å². The normalized spacial score (nSPS) is 19.1. The van der Waals surface area contributed by atoms with Gasteiger partial charge in [0.25, 0.3) is 0 Å². The molecule has 7 heteroatoms. The molecule has 1 rings (SSSR count). The lowest BCUT2D eigenvalue weighted by atomic mass is 10.1. The van der Waals surface area contributed by atoms with Gasteiger partial charge in [0, 0.05) is 38.1 Å². The molecule has 0 bridgehead atoms. The molecular formula is C11H25Cl2N3O2. The van der Waals surface area contributed by atoms with Crippen LogP contribution in [0, 0.1) is 5.92 Å². The Hall–Kier alpha value is -0.0700. The van der Waals surface area contributed by atoms with Crippen molar-refractivity contribution in [1.29, 1.82) is 0 Å². The van der Waals surface area contributed by atoms with Crippen molar-refractivity contribution >= 4 is 30.7 Å². The van der Waals surface area contributed by atoms with Gasteiger partial charge in [-0.05, 0) is 6.92 Å². The molecule has 110 valence electrons. The van der Waals surface area contributed by atoms with Crippen molar-refractivity contribution < 1.29 is 9.53 Å². The van der Waals surface area contributed by atoms with Gasteiger partial charge in [-0.1, -0.05) is 6.92 Å². The van der Waals surface area contributed by atoms with E-state index >= 15 is 0 Å². The van der Waals surface area contributed by atoms with Gasteiger partial charge in [0.05, 0.1) is 13.2 Å². The van der Waals surface area contributed by atoms with E-state index in [9.17, 15) is 4.79 Å². The second kappa shape index (κ2) is 10.8. The van der Waals surface area contributed by atoms with E-state index in [-0.39, 0.29) is 36.6 Å². The molecular weight excluding hydrogens is 277 g/mol. The molecule has 2 atom stereocenters. The number of halogens is 2. The molecule has 0 radical (unpaired) electrons. The fraction of sp³-hybridized carbons (Fsp3) is 0.909. The molecule has 0 spiro atoms. The first kappa shape index (κ1) is 20.3. The summed E-state index contributed by atoms with van der Waals surface area (Å²) in [7, 11) is 0. The molecule has 1 heterocycles. The predicted molar refractivity (Wildman–Crippen MR) is 77.6 cm³/mol. The smallest absolute Gasteiger partial charge is 0.224 e. The molecule has 2 unspecified atom stereocenters. The number of morpholine rings is 1. The van der Waals surface area contributed by atoms with Gasteiger partial charge in [0.2, 0.25) is 5.91 Å². The fourth-order valence-electron chi connectivity index (χ4n) is 1.68. The summed E-state index contributed by atoms with van der Waals surface area (Å²) in [5, 5.41) is 2.93. The second-order valence-electron chi connectivity index (χ2n) is 4.38. The number of nitrogens with one attached hydrogen (secondary N) is 1. The van der Waals surface area contributed by atoms with Crippen LogP contribution in [0.5, 0.6) is 0 Å². The molecule has 0 saturated carbocycles. The Morgan fingerprint density at radius 2 is 1.89 bits per heavy atom. The lowest BCUT2D eigenvalue weighted by Gasteiger charge is -2.32. The van der Waals surface area contributed by atoms with Crippen molar-refractivity contribution in [3.63, 3.8) is 0 Å². The molecule has 1 fully saturated rings. The van der Waals surface area contributed by atoms with Crippen LogP contribution in [0.1, 0.15) is 13.8 Å². The molecule has 1 saturated heterocycles. The minimum Gasteiger partial charge on any atom is -0.379 e.